The van der Waals surface area contributed by atoms with E-state index in [1.54, 1.807) is 0 Å². The Labute approximate surface area is 134 Å². The number of aryl methyl sites for hydroxylation is 1. The van der Waals surface area contributed by atoms with Crippen molar-refractivity contribution >= 4 is 17.9 Å². The van der Waals surface area contributed by atoms with Crippen LogP contribution in [-0.4, -0.2) is 47.5 Å². The zero-order valence-corrected chi connectivity index (χ0v) is 13.0. The van der Waals surface area contributed by atoms with Gasteiger partial charge in [0.1, 0.15) is 6.04 Å². The number of nitrogens with one attached hydrogen (secondary N) is 2. The van der Waals surface area contributed by atoms with Crippen LogP contribution in [0.5, 0.6) is 0 Å². The van der Waals surface area contributed by atoms with E-state index in [4.69, 9.17) is 5.11 Å². The lowest BCUT2D eigenvalue weighted by Gasteiger charge is -2.35. The molecule has 3 amide bonds. The Balaban J connectivity index is 2.08. The van der Waals surface area contributed by atoms with Crippen LogP contribution in [0.4, 0.5) is 4.79 Å². The van der Waals surface area contributed by atoms with Crippen LogP contribution >= 0.6 is 0 Å². The van der Waals surface area contributed by atoms with Crippen molar-refractivity contribution in [2.75, 3.05) is 19.6 Å². The third-order valence-corrected chi connectivity index (χ3v) is 3.80. The highest BCUT2D eigenvalue weighted by Crippen LogP contribution is 2.25. The molecule has 0 saturated carbocycles. The maximum atomic E-state index is 12.4. The topological polar surface area (TPSA) is 98.7 Å². The van der Waals surface area contributed by atoms with Gasteiger partial charge in [-0.3, -0.25) is 9.59 Å². The molecule has 1 saturated heterocycles. The van der Waals surface area contributed by atoms with Crippen LogP contribution in [0.1, 0.15) is 30.0 Å². The summed E-state index contributed by atoms with van der Waals surface area (Å²) < 4.78 is 0. The molecule has 2 rings (SSSR count). The van der Waals surface area contributed by atoms with Crippen molar-refractivity contribution in [3.05, 3.63) is 35.4 Å². The second-order valence-electron chi connectivity index (χ2n) is 5.47. The average Bonchev–Trinajstić information content (AvgIpc) is 2.52. The number of aliphatic carboxylic acids is 1. The Morgan fingerprint density at radius 3 is 2.83 bits per heavy atom. The van der Waals surface area contributed by atoms with Crippen LogP contribution < -0.4 is 10.6 Å². The van der Waals surface area contributed by atoms with E-state index in [-0.39, 0.29) is 24.9 Å². The molecule has 1 aromatic rings. The number of piperazine rings is 1. The molecule has 7 nitrogen and oxygen atoms in total. The SMILES string of the molecule is Cc1ccccc1C1C(=O)NCCN1C(=O)NCCCC(=O)O. The monoisotopic (exact) mass is 319 g/mol. The second-order valence-corrected chi connectivity index (χ2v) is 5.47. The summed E-state index contributed by atoms with van der Waals surface area (Å²) in [7, 11) is 0. The van der Waals surface area contributed by atoms with Crippen LogP contribution in [0.3, 0.4) is 0 Å². The van der Waals surface area contributed by atoms with Crippen LogP contribution in [0, 0.1) is 6.92 Å². The minimum absolute atomic E-state index is 0.00197. The Hall–Kier alpha value is -2.57. The Morgan fingerprint density at radius 1 is 1.39 bits per heavy atom. The van der Waals surface area contributed by atoms with Gasteiger partial charge in [0.05, 0.1) is 0 Å². The fourth-order valence-electron chi connectivity index (χ4n) is 2.62. The quantitative estimate of drug-likeness (QED) is 0.706. The summed E-state index contributed by atoms with van der Waals surface area (Å²) in [5, 5.41) is 14.1. The lowest BCUT2D eigenvalue weighted by molar-refractivity contribution is -0.137. The molecule has 3 N–H and O–H groups in total. The predicted octanol–water partition coefficient (Wildman–Crippen LogP) is 1.04. The van der Waals surface area contributed by atoms with E-state index in [0.717, 1.165) is 11.1 Å². The summed E-state index contributed by atoms with van der Waals surface area (Å²) in [6.45, 7) is 2.99. The van der Waals surface area contributed by atoms with E-state index in [0.29, 0.717) is 19.5 Å². The third-order valence-electron chi connectivity index (χ3n) is 3.80. The van der Waals surface area contributed by atoms with Gasteiger partial charge in [-0.1, -0.05) is 24.3 Å². The van der Waals surface area contributed by atoms with Crippen LogP contribution in [0.25, 0.3) is 0 Å². The minimum atomic E-state index is -0.894. The summed E-state index contributed by atoms with van der Waals surface area (Å²) in [6, 6.07) is 6.46. The highest BCUT2D eigenvalue weighted by atomic mass is 16.4. The van der Waals surface area contributed by atoms with Crippen molar-refractivity contribution in [3.63, 3.8) is 0 Å². The van der Waals surface area contributed by atoms with E-state index in [1.165, 1.54) is 4.90 Å². The van der Waals surface area contributed by atoms with Gasteiger partial charge < -0.3 is 20.6 Å². The smallest absolute Gasteiger partial charge is 0.318 e. The zero-order valence-electron chi connectivity index (χ0n) is 13.0. The normalized spacial score (nSPS) is 17.5. The highest BCUT2D eigenvalue weighted by Gasteiger charge is 2.34. The molecule has 1 atom stereocenters. The van der Waals surface area contributed by atoms with Gasteiger partial charge in [-0.05, 0) is 24.5 Å². The second kappa shape index (κ2) is 7.62. The fourth-order valence-corrected chi connectivity index (χ4v) is 2.62. The molecule has 124 valence electrons. The number of nitrogens with zero attached hydrogens (tertiary/aromatic N) is 1. The van der Waals surface area contributed by atoms with E-state index in [2.05, 4.69) is 10.6 Å². The summed E-state index contributed by atoms with van der Waals surface area (Å²) in [4.78, 5) is 36.6. The molecule has 1 unspecified atom stereocenters. The first kappa shape index (κ1) is 16.8. The molecule has 0 aliphatic carbocycles. The first-order valence-electron chi connectivity index (χ1n) is 7.60. The molecule has 0 bridgehead atoms. The number of hydrogen-bond acceptors (Lipinski definition) is 3. The van der Waals surface area contributed by atoms with E-state index < -0.39 is 12.0 Å². The highest BCUT2D eigenvalue weighted by molar-refractivity contribution is 5.89. The molecular formula is C16H21N3O4. The number of amides is 3. The average molecular weight is 319 g/mol. The molecule has 7 heteroatoms. The lowest BCUT2D eigenvalue weighted by Crippen LogP contribution is -2.55. The summed E-state index contributed by atoms with van der Waals surface area (Å²) >= 11 is 0. The van der Waals surface area contributed by atoms with Crippen molar-refractivity contribution in [3.8, 4) is 0 Å². The van der Waals surface area contributed by atoms with Gasteiger partial charge in [0, 0.05) is 26.1 Å². The first-order chi connectivity index (χ1) is 11.0. The Kier molecular flexibility index (Phi) is 5.56. The Morgan fingerprint density at radius 2 is 2.13 bits per heavy atom. The molecule has 1 fully saturated rings. The molecule has 1 aliphatic rings. The molecule has 23 heavy (non-hydrogen) atoms. The van der Waals surface area contributed by atoms with E-state index in [9.17, 15) is 14.4 Å². The van der Waals surface area contributed by atoms with Crippen molar-refractivity contribution < 1.29 is 19.5 Å². The summed E-state index contributed by atoms with van der Waals surface area (Å²) in [5.74, 6) is -1.10. The summed E-state index contributed by atoms with van der Waals surface area (Å²) in [6.07, 6.45) is 0.359. The molecule has 1 aliphatic heterocycles. The van der Waals surface area contributed by atoms with Gasteiger partial charge in [-0.25, -0.2) is 4.79 Å². The Bertz CT molecular complexity index is 603. The van der Waals surface area contributed by atoms with Gasteiger partial charge in [-0.2, -0.15) is 0 Å². The number of urea groups is 1. The number of carboxylic acid groups (broad SMARTS) is 1. The number of carbonyl (C=O) groups excluding carboxylic acids is 2. The molecule has 1 aromatic carbocycles. The zero-order chi connectivity index (χ0) is 16.8. The molecule has 0 aromatic heterocycles. The number of carbonyl (C=O) groups is 3. The van der Waals surface area contributed by atoms with E-state index in [1.807, 2.05) is 31.2 Å². The summed E-state index contributed by atoms with van der Waals surface area (Å²) in [5.41, 5.74) is 1.74. The fraction of sp³-hybridized carbons (Fsp3) is 0.438. The van der Waals surface area contributed by atoms with Crippen molar-refractivity contribution in [2.24, 2.45) is 0 Å². The van der Waals surface area contributed by atoms with Gasteiger partial charge >= 0.3 is 12.0 Å². The van der Waals surface area contributed by atoms with Gasteiger partial charge in [-0.15, -0.1) is 0 Å². The number of carboxylic acids is 1. The molecule has 0 radical (unpaired) electrons. The number of benzene rings is 1. The van der Waals surface area contributed by atoms with Crippen molar-refractivity contribution in [1.82, 2.24) is 15.5 Å². The molecule has 1 heterocycles. The molecule has 0 spiro atoms. The number of rotatable bonds is 5. The van der Waals surface area contributed by atoms with Gasteiger partial charge in [0.15, 0.2) is 0 Å². The minimum Gasteiger partial charge on any atom is -0.481 e. The van der Waals surface area contributed by atoms with Crippen LogP contribution in [0.2, 0.25) is 0 Å². The third kappa shape index (κ3) is 4.21. The maximum absolute atomic E-state index is 12.4. The van der Waals surface area contributed by atoms with Crippen LogP contribution in [0.15, 0.2) is 24.3 Å². The van der Waals surface area contributed by atoms with Gasteiger partial charge in [0.25, 0.3) is 0 Å². The maximum Gasteiger partial charge on any atom is 0.318 e. The predicted molar refractivity (Wildman–Crippen MR) is 83.9 cm³/mol. The first-order valence-corrected chi connectivity index (χ1v) is 7.60. The van der Waals surface area contributed by atoms with Crippen molar-refractivity contribution in [1.29, 1.82) is 0 Å². The molecular weight excluding hydrogens is 298 g/mol. The van der Waals surface area contributed by atoms with Gasteiger partial charge in [0.2, 0.25) is 5.91 Å². The van der Waals surface area contributed by atoms with Crippen molar-refractivity contribution in [2.45, 2.75) is 25.8 Å². The number of hydrogen-bond donors (Lipinski definition) is 3. The van der Waals surface area contributed by atoms with E-state index >= 15 is 0 Å². The largest absolute Gasteiger partial charge is 0.481 e. The van der Waals surface area contributed by atoms with Crippen LogP contribution in [-0.2, 0) is 9.59 Å². The standard InChI is InChI=1S/C16H21N3O4/c1-11-5-2-3-6-12(11)14-15(22)17-9-10-19(14)16(23)18-8-4-7-13(20)21/h2-3,5-6,14H,4,7-10H2,1H3,(H,17,22)(H,18,23)(H,20,21). The lowest BCUT2D eigenvalue weighted by atomic mass is 9.98.